The van der Waals surface area contributed by atoms with Crippen LogP contribution in [0.3, 0.4) is 0 Å². The molecular weight excluding hydrogens is 280 g/mol. The quantitative estimate of drug-likeness (QED) is 0.840. The lowest BCUT2D eigenvalue weighted by Crippen LogP contribution is -2.31. The molecule has 0 amide bonds. The van der Waals surface area contributed by atoms with Crippen molar-refractivity contribution in [3.63, 3.8) is 0 Å². The molecule has 0 saturated carbocycles. The maximum atomic E-state index is 8.87. The van der Waals surface area contributed by atoms with E-state index in [1.165, 1.54) is 5.56 Å². The third kappa shape index (κ3) is 4.51. The molecule has 108 valence electrons. The van der Waals surface area contributed by atoms with Crippen LogP contribution in [0.15, 0.2) is 48.5 Å². The number of rotatable bonds is 5. The van der Waals surface area contributed by atoms with Gasteiger partial charge in [-0.25, -0.2) is 0 Å². The lowest BCUT2D eigenvalue weighted by atomic mass is 9.95. The molecule has 0 radical (unpaired) electrons. The fourth-order valence-electron chi connectivity index (χ4n) is 2.21. The maximum absolute atomic E-state index is 8.87. The van der Waals surface area contributed by atoms with Crippen LogP contribution in [0.25, 0.3) is 0 Å². The fraction of sp³-hybridized carbons (Fsp3) is 0.278. The number of hydrogen-bond acceptors (Lipinski definition) is 2. The lowest BCUT2D eigenvalue weighted by molar-refractivity contribution is 0.518. The summed E-state index contributed by atoms with van der Waals surface area (Å²) in [6.45, 7) is 4.31. The van der Waals surface area contributed by atoms with Gasteiger partial charge in [0.15, 0.2) is 0 Å². The van der Waals surface area contributed by atoms with Gasteiger partial charge in [0.2, 0.25) is 0 Å². The van der Waals surface area contributed by atoms with Gasteiger partial charge in [0.25, 0.3) is 0 Å². The van der Waals surface area contributed by atoms with Gasteiger partial charge in [0.1, 0.15) is 0 Å². The minimum absolute atomic E-state index is 0.0758. The van der Waals surface area contributed by atoms with Crippen molar-refractivity contribution in [2.24, 2.45) is 0 Å². The first kappa shape index (κ1) is 15.4. The molecule has 0 aromatic heterocycles. The molecule has 0 spiro atoms. The van der Waals surface area contributed by atoms with Gasteiger partial charge in [0.05, 0.1) is 22.3 Å². The number of aryl methyl sites for hydroxylation is 1. The van der Waals surface area contributed by atoms with Crippen molar-refractivity contribution in [3.8, 4) is 6.07 Å². The summed E-state index contributed by atoms with van der Waals surface area (Å²) in [6, 6.07) is 17.9. The number of hydrogen-bond donors (Lipinski definition) is 1. The minimum Gasteiger partial charge on any atom is -0.379 e. The predicted molar refractivity (Wildman–Crippen MR) is 88.6 cm³/mol. The molecule has 2 aromatic carbocycles. The van der Waals surface area contributed by atoms with E-state index >= 15 is 0 Å². The molecule has 3 heteroatoms. The Kier molecular flexibility index (Phi) is 4.88. The second-order valence-electron chi connectivity index (χ2n) is 5.80. The number of nitrogens with one attached hydrogen (secondary N) is 1. The number of nitrogens with zero attached hydrogens (tertiary/aromatic N) is 1. The molecule has 0 aliphatic heterocycles. The third-order valence-electron chi connectivity index (χ3n) is 3.45. The van der Waals surface area contributed by atoms with Gasteiger partial charge in [-0.05, 0) is 50.5 Å². The van der Waals surface area contributed by atoms with Crippen LogP contribution in [0, 0.1) is 11.3 Å². The SMILES string of the molecule is CC(C)(CCc1ccccc1)Nc1ccc(C#N)cc1Cl. The van der Waals surface area contributed by atoms with Gasteiger partial charge in [-0.2, -0.15) is 5.26 Å². The lowest BCUT2D eigenvalue weighted by Gasteiger charge is -2.28. The molecule has 0 atom stereocenters. The largest absolute Gasteiger partial charge is 0.379 e. The van der Waals surface area contributed by atoms with Crippen molar-refractivity contribution >= 4 is 17.3 Å². The fourth-order valence-corrected chi connectivity index (χ4v) is 2.44. The number of nitriles is 1. The Hall–Kier alpha value is -1.98. The van der Waals surface area contributed by atoms with Crippen molar-refractivity contribution in [1.82, 2.24) is 0 Å². The summed E-state index contributed by atoms with van der Waals surface area (Å²) in [7, 11) is 0. The second-order valence-corrected chi connectivity index (χ2v) is 6.21. The summed E-state index contributed by atoms with van der Waals surface area (Å²) in [6.07, 6.45) is 2.00. The van der Waals surface area contributed by atoms with Crippen LogP contribution in [-0.4, -0.2) is 5.54 Å². The van der Waals surface area contributed by atoms with Crippen molar-refractivity contribution in [1.29, 1.82) is 5.26 Å². The van der Waals surface area contributed by atoms with Gasteiger partial charge in [-0.15, -0.1) is 0 Å². The van der Waals surface area contributed by atoms with E-state index in [2.05, 4.69) is 49.5 Å². The molecule has 2 aromatic rings. The number of anilines is 1. The highest BCUT2D eigenvalue weighted by Gasteiger charge is 2.18. The van der Waals surface area contributed by atoms with E-state index in [0.717, 1.165) is 18.5 Å². The highest BCUT2D eigenvalue weighted by molar-refractivity contribution is 6.33. The van der Waals surface area contributed by atoms with Crippen LogP contribution in [0.5, 0.6) is 0 Å². The molecule has 0 aliphatic rings. The van der Waals surface area contributed by atoms with Gasteiger partial charge in [-0.1, -0.05) is 41.9 Å². The number of benzene rings is 2. The van der Waals surface area contributed by atoms with E-state index in [-0.39, 0.29) is 5.54 Å². The zero-order chi connectivity index (χ0) is 15.3. The van der Waals surface area contributed by atoms with E-state index in [4.69, 9.17) is 16.9 Å². The molecular formula is C18H19ClN2. The molecule has 1 N–H and O–H groups in total. The average molecular weight is 299 g/mol. The topological polar surface area (TPSA) is 35.8 Å². The molecule has 0 bridgehead atoms. The highest BCUT2D eigenvalue weighted by Crippen LogP contribution is 2.27. The molecule has 0 heterocycles. The Morgan fingerprint density at radius 2 is 1.86 bits per heavy atom. The van der Waals surface area contributed by atoms with E-state index in [9.17, 15) is 0 Å². The van der Waals surface area contributed by atoms with E-state index in [1.54, 1.807) is 12.1 Å². The van der Waals surface area contributed by atoms with Gasteiger partial charge in [-0.3, -0.25) is 0 Å². The smallest absolute Gasteiger partial charge is 0.0992 e. The van der Waals surface area contributed by atoms with E-state index < -0.39 is 0 Å². The number of halogens is 1. The molecule has 0 unspecified atom stereocenters. The van der Waals surface area contributed by atoms with Crippen LogP contribution in [0.2, 0.25) is 5.02 Å². The Balaban J connectivity index is 2.02. The predicted octanol–water partition coefficient (Wildman–Crippen LogP) is 5.03. The summed E-state index contributed by atoms with van der Waals surface area (Å²) >= 11 is 6.22. The Bertz CT molecular complexity index is 642. The normalized spacial score (nSPS) is 11.0. The summed E-state index contributed by atoms with van der Waals surface area (Å²) in [5.41, 5.74) is 2.70. The second kappa shape index (κ2) is 6.65. The van der Waals surface area contributed by atoms with Crippen LogP contribution < -0.4 is 5.32 Å². The zero-order valence-electron chi connectivity index (χ0n) is 12.4. The molecule has 21 heavy (non-hydrogen) atoms. The Morgan fingerprint density at radius 1 is 1.14 bits per heavy atom. The van der Waals surface area contributed by atoms with Crippen LogP contribution in [0.4, 0.5) is 5.69 Å². The highest BCUT2D eigenvalue weighted by atomic mass is 35.5. The summed E-state index contributed by atoms with van der Waals surface area (Å²) in [4.78, 5) is 0. The van der Waals surface area contributed by atoms with Crippen LogP contribution in [-0.2, 0) is 6.42 Å². The molecule has 0 aliphatic carbocycles. The minimum atomic E-state index is -0.0758. The van der Waals surface area contributed by atoms with Gasteiger partial charge in [0, 0.05) is 5.54 Å². The van der Waals surface area contributed by atoms with E-state index in [1.807, 2.05) is 12.1 Å². The van der Waals surface area contributed by atoms with Gasteiger partial charge >= 0.3 is 0 Å². The molecule has 0 saturated heterocycles. The Labute approximate surface area is 131 Å². The van der Waals surface area contributed by atoms with Crippen LogP contribution >= 0.6 is 11.6 Å². The third-order valence-corrected chi connectivity index (χ3v) is 3.77. The summed E-state index contributed by atoms with van der Waals surface area (Å²) < 4.78 is 0. The molecule has 0 fully saturated rings. The summed E-state index contributed by atoms with van der Waals surface area (Å²) in [5.74, 6) is 0. The van der Waals surface area contributed by atoms with Crippen LogP contribution in [0.1, 0.15) is 31.4 Å². The summed E-state index contributed by atoms with van der Waals surface area (Å²) in [5, 5.41) is 12.9. The van der Waals surface area contributed by atoms with Crippen molar-refractivity contribution in [2.75, 3.05) is 5.32 Å². The van der Waals surface area contributed by atoms with Crippen molar-refractivity contribution in [2.45, 2.75) is 32.2 Å². The first-order valence-corrected chi connectivity index (χ1v) is 7.40. The van der Waals surface area contributed by atoms with E-state index in [0.29, 0.717) is 10.6 Å². The average Bonchev–Trinajstić information content (AvgIpc) is 2.48. The monoisotopic (exact) mass is 298 g/mol. The maximum Gasteiger partial charge on any atom is 0.0992 e. The molecule has 2 nitrogen and oxygen atoms in total. The molecule has 2 rings (SSSR count). The first-order valence-electron chi connectivity index (χ1n) is 7.02. The van der Waals surface area contributed by atoms with Crippen molar-refractivity contribution < 1.29 is 0 Å². The first-order chi connectivity index (χ1) is 10.00. The Morgan fingerprint density at radius 3 is 2.48 bits per heavy atom. The standard InChI is InChI=1S/C18H19ClN2/c1-18(2,11-10-14-6-4-3-5-7-14)21-17-9-8-15(13-20)12-16(17)19/h3-9,12,21H,10-11H2,1-2H3. The van der Waals surface area contributed by atoms with Crippen molar-refractivity contribution in [3.05, 3.63) is 64.7 Å². The zero-order valence-corrected chi connectivity index (χ0v) is 13.1. The van der Waals surface area contributed by atoms with Gasteiger partial charge < -0.3 is 5.32 Å².